The highest BCUT2D eigenvalue weighted by Gasteiger charge is 2.07. The predicted molar refractivity (Wildman–Crippen MR) is 135 cm³/mol. The summed E-state index contributed by atoms with van der Waals surface area (Å²) >= 11 is 0. The molecule has 2 aromatic rings. The molecule has 0 aliphatic carbocycles. The van der Waals surface area contributed by atoms with Crippen LogP contribution in [0.1, 0.15) is 11.1 Å². The number of rotatable bonds is 11. The summed E-state index contributed by atoms with van der Waals surface area (Å²) < 4.78 is 11.6. The van der Waals surface area contributed by atoms with Crippen LogP contribution >= 0.6 is 24.0 Å². The van der Waals surface area contributed by atoms with E-state index in [-0.39, 0.29) is 24.0 Å². The minimum Gasteiger partial charge on any atom is -0.492 e. The molecule has 0 aliphatic heterocycles. The fourth-order valence-electron chi connectivity index (χ4n) is 2.65. The van der Waals surface area contributed by atoms with Gasteiger partial charge >= 0.3 is 0 Å². The fraction of sp³-hybridized carbons (Fsp3) is 0.348. The molecular weight excluding hydrogens is 491 g/mol. The average molecular weight is 524 g/mol. The zero-order valence-electron chi connectivity index (χ0n) is 18.1. The van der Waals surface area contributed by atoms with Gasteiger partial charge in [0.1, 0.15) is 24.7 Å². The third kappa shape index (κ3) is 9.04. The van der Waals surface area contributed by atoms with Crippen molar-refractivity contribution in [2.24, 2.45) is 4.99 Å². The largest absolute Gasteiger partial charge is 0.492 e. The number of halogens is 1. The molecule has 2 aromatic carbocycles. The van der Waals surface area contributed by atoms with Gasteiger partial charge in [-0.1, -0.05) is 49.1 Å². The molecule has 0 bridgehead atoms. The van der Waals surface area contributed by atoms with Gasteiger partial charge in [0.25, 0.3) is 0 Å². The van der Waals surface area contributed by atoms with Crippen LogP contribution in [0.15, 0.2) is 66.2 Å². The number of hydrogen-bond acceptors (Lipinski definition) is 4. The van der Waals surface area contributed by atoms with E-state index in [9.17, 15) is 0 Å². The molecule has 2 N–H and O–H groups in total. The molecule has 0 heterocycles. The molecular formula is C23H33IN4O2. The summed E-state index contributed by atoms with van der Waals surface area (Å²) in [5, 5.41) is 6.69. The first-order valence-corrected chi connectivity index (χ1v) is 9.75. The van der Waals surface area contributed by atoms with E-state index in [0.717, 1.165) is 29.2 Å². The Labute approximate surface area is 197 Å². The van der Waals surface area contributed by atoms with Crippen LogP contribution in [0.5, 0.6) is 11.5 Å². The number of guanidine groups is 1. The molecule has 0 saturated carbocycles. The third-order valence-corrected chi connectivity index (χ3v) is 4.21. The Bertz CT molecular complexity index is 796. The van der Waals surface area contributed by atoms with Crippen molar-refractivity contribution in [1.82, 2.24) is 15.5 Å². The van der Waals surface area contributed by atoms with E-state index < -0.39 is 0 Å². The number of nitrogens with one attached hydrogen (secondary N) is 2. The monoisotopic (exact) mass is 524 g/mol. The summed E-state index contributed by atoms with van der Waals surface area (Å²) in [6, 6.07) is 16.0. The Balaban J connectivity index is 0.00000450. The number of likely N-dealkylation sites (N-methyl/N-ethyl adjacent to an activating group) is 1. The Kier molecular flexibility index (Phi) is 12.6. The van der Waals surface area contributed by atoms with Gasteiger partial charge in [0.2, 0.25) is 0 Å². The molecule has 0 aromatic heterocycles. The van der Waals surface area contributed by atoms with Gasteiger partial charge in [-0.05, 0) is 26.2 Å². The summed E-state index contributed by atoms with van der Waals surface area (Å²) in [7, 11) is 5.83. The molecule has 2 rings (SSSR count). The van der Waals surface area contributed by atoms with Crippen LogP contribution < -0.4 is 20.1 Å². The van der Waals surface area contributed by atoms with Crippen LogP contribution in [0.2, 0.25) is 0 Å². The van der Waals surface area contributed by atoms with Crippen LogP contribution in [-0.4, -0.2) is 51.8 Å². The van der Waals surface area contributed by atoms with Crippen molar-refractivity contribution >= 4 is 29.9 Å². The normalized spacial score (nSPS) is 10.9. The predicted octanol–water partition coefficient (Wildman–Crippen LogP) is 3.68. The molecule has 164 valence electrons. The van der Waals surface area contributed by atoms with E-state index in [4.69, 9.17) is 9.47 Å². The summed E-state index contributed by atoms with van der Waals surface area (Å²) in [6.07, 6.45) is 1.74. The van der Waals surface area contributed by atoms with Gasteiger partial charge in [-0.3, -0.25) is 4.99 Å². The lowest BCUT2D eigenvalue weighted by atomic mass is 10.2. The summed E-state index contributed by atoms with van der Waals surface area (Å²) in [5.41, 5.74) is 2.15. The number of para-hydroxylation sites is 2. The van der Waals surface area contributed by atoms with Crippen LogP contribution in [0.25, 0.3) is 0 Å². The van der Waals surface area contributed by atoms with Crippen molar-refractivity contribution in [1.29, 1.82) is 0 Å². The molecule has 0 amide bonds. The first-order chi connectivity index (χ1) is 14.1. The molecule has 0 aliphatic rings. The first-order valence-electron chi connectivity index (χ1n) is 9.75. The number of ether oxygens (including phenoxy) is 2. The van der Waals surface area contributed by atoms with Gasteiger partial charge in [0, 0.05) is 37.8 Å². The van der Waals surface area contributed by atoms with E-state index in [2.05, 4.69) is 33.2 Å². The fourth-order valence-corrected chi connectivity index (χ4v) is 2.65. The maximum absolute atomic E-state index is 5.93. The van der Waals surface area contributed by atoms with Gasteiger partial charge in [0.05, 0.1) is 0 Å². The van der Waals surface area contributed by atoms with Crippen LogP contribution in [0, 0.1) is 0 Å². The average Bonchev–Trinajstić information content (AvgIpc) is 2.73. The first kappa shape index (κ1) is 25.8. The molecule has 0 spiro atoms. The number of hydrogen-bond donors (Lipinski definition) is 2. The lowest BCUT2D eigenvalue weighted by Gasteiger charge is -2.16. The van der Waals surface area contributed by atoms with Crippen molar-refractivity contribution in [2.45, 2.75) is 13.1 Å². The second kappa shape index (κ2) is 14.7. The Morgan fingerprint density at radius 2 is 1.50 bits per heavy atom. The van der Waals surface area contributed by atoms with E-state index in [1.807, 2.05) is 56.6 Å². The zero-order valence-corrected chi connectivity index (χ0v) is 20.4. The summed E-state index contributed by atoms with van der Waals surface area (Å²) in [6.45, 7) is 6.93. The minimum absolute atomic E-state index is 0. The smallest absolute Gasteiger partial charge is 0.191 e. The highest BCUT2D eigenvalue weighted by atomic mass is 127. The molecule has 30 heavy (non-hydrogen) atoms. The molecule has 6 nitrogen and oxygen atoms in total. The van der Waals surface area contributed by atoms with Crippen molar-refractivity contribution in [3.63, 3.8) is 0 Å². The molecule has 0 saturated heterocycles. The van der Waals surface area contributed by atoms with E-state index in [0.29, 0.717) is 32.3 Å². The molecule has 0 atom stereocenters. The maximum atomic E-state index is 5.93. The Hall–Kier alpha value is -2.26. The van der Waals surface area contributed by atoms with Crippen LogP contribution in [-0.2, 0) is 13.1 Å². The molecule has 7 heteroatoms. The Morgan fingerprint density at radius 3 is 2.00 bits per heavy atom. The van der Waals surface area contributed by atoms with Crippen LogP contribution in [0.4, 0.5) is 0 Å². The quantitative estimate of drug-likeness (QED) is 0.203. The highest BCUT2D eigenvalue weighted by Crippen LogP contribution is 2.19. The lowest BCUT2D eigenvalue weighted by molar-refractivity contribution is 0.259. The van der Waals surface area contributed by atoms with E-state index in [1.165, 1.54) is 0 Å². The van der Waals surface area contributed by atoms with Crippen LogP contribution in [0.3, 0.4) is 0 Å². The van der Waals surface area contributed by atoms with E-state index in [1.54, 1.807) is 13.1 Å². The van der Waals surface area contributed by atoms with Gasteiger partial charge in [-0.15, -0.1) is 24.0 Å². The minimum atomic E-state index is 0. The van der Waals surface area contributed by atoms with Crippen molar-refractivity contribution in [2.75, 3.05) is 40.9 Å². The van der Waals surface area contributed by atoms with Gasteiger partial charge in [-0.25, -0.2) is 0 Å². The standard InChI is InChI=1S/C23H32N4O2.HI/c1-5-15-28-21-12-8-6-10-19(21)17-25-23(24-2)26-18-20-11-7-9-13-22(20)29-16-14-27(3)4;/h5-13H,1,14-18H2,2-4H3,(H2,24,25,26);1H. The number of nitrogens with zero attached hydrogens (tertiary/aromatic N) is 2. The summed E-state index contributed by atoms with van der Waals surface area (Å²) in [5.74, 6) is 2.45. The zero-order chi connectivity index (χ0) is 20.9. The SMILES string of the molecule is C=CCOc1ccccc1CNC(=NC)NCc1ccccc1OCCN(C)C.I. The lowest BCUT2D eigenvalue weighted by Crippen LogP contribution is -2.36. The van der Waals surface area contributed by atoms with Crippen molar-refractivity contribution < 1.29 is 9.47 Å². The third-order valence-electron chi connectivity index (χ3n) is 4.21. The number of aliphatic imine (C=N–C) groups is 1. The molecule has 0 fully saturated rings. The van der Waals surface area contributed by atoms with E-state index >= 15 is 0 Å². The maximum Gasteiger partial charge on any atom is 0.191 e. The van der Waals surface area contributed by atoms with Crippen molar-refractivity contribution in [3.8, 4) is 11.5 Å². The van der Waals surface area contributed by atoms with Gasteiger partial charge < -0.3 is 25.0 Å². The Morgan fingerprint density at radius 1 is 0.967 bits per heavy atom. The second-order valence-corrected chi connectivity index (χ2v) is 6.75. The summed E-state index contributed by atoms with van der Waals surface area (Å²) in [4.78, 5) is 6.42. The van der Waals surface area contributed by atoms with Gasteiger partial charge in [-0.2, -0.15) is 0 Å². The topological polar surface area (TPSA) is 58.1 Å². The van der Waals surface area contributed by atoms with Gasteiger partial charge in [0.15, 0.2) is 5.96 Å². The molecule has 0 unspecified atom stereocenters. The molecule has 0 radical (unpaired) electrons. The number of benzene rings is 2. The highest BCUT2D eigenvalue weighted by molar-refractivity contribution is 14.0. The second-order valence-electron chi connectivity index (χ2n) is 6.75. The van der Waals surface area contributed by atoms with Crippen molar-refractivity contribution in [3.05, 3.63) is 72.3 Å².